The highest BCUT2D eigenvalue weighted by atomic mass is 32.1. The molecule has 3 aromatic heterocycles. The number of aromatic amines is 1. The Bertz CT molecular complexity index is 2160. The van der Waals surface area contributed by atoms with Crippen LogP contribution in [0.15, 0.2) is 71.3 Å². The molecular weight excluding hydrogens is 496 g/mol. The first-order chi connectivity index (χ1) is 19.0. The summed E-state index contributed by atoms with van der Waals surface area (Å²) >= 11 is 1.82. The molecule has 7 aromatic rings. The largest absolute Gasteiger partial charge is 0.341 e. The summed E-state index contributed by atoms with van der Waals surface area (Å²) in [6.45, 7) is 8.84. The number of nitrogens with zero attached hydrogens (tertiary/aromatic N) is 3. The SMILES string of the molecule is CC(C)C1=Nc2c(c3ccc(-c4ccc5c(c4)c4ccncc4c4nc(C(C)C)[nH]c54)cc3c3sccc23)C1. The molecule has 4 aromatic carbocycles. The number of hydrogen-bond donors (Lipinski definition) is 1. The third-order valence-electron chi connectivity index (χ3n) is 8.33. The van der Waals surface area contributed by atoms with Crippen molar-refractivity contribution in [3.8, 4) is 11.1 Å². The summed E-state index contributed by atoms with van der Waals surface area (Å²) in [6, 6.07) is 18.2. The maximum Gasteiger partial charge on any atom is 0.109 e. The maximum absolute atomic E-state index is 5.09. The summed E-state index contributed by atoms with van der Waals surface area (Å²) in [5, 5.41) is 10.9. The Labute approximate surface area is 230 Å². The second-order valence-corrected chi connectivity index (χ2v) is 12.3. The fraction of sp³-hybridized carbons (Fsp3) is 0.206. The minimum Gasteiger partial charge on any atom is -0.341 e. The van der Waals surface area contributed by atoms with Gasteiger partial charge in [0.15, 0.2) is 0 Å². The Morgan fingerprint density at radius 3 is 2.36 bits per heavy atom. The van der Waals surface area contributed by atoms with Gasteiger partial charge in [-0.3, -0.25) is 9.98 Å². The van der Waals surface area contributed by atoms with Gasteiger partial charge in [0.05, 0.1) is 16.7 Å². The molecule has 8 rings (SSSR count). The van der Waals surface area contributed by atoms with Gasteiger partial charge in [-0.1, -0.05) is 52.0 Å². The van der Waals surface area contributed by atoms with Crippen LogP contribution in [0.5, 0.6) is 0 Å². The number of fused-ring (bicyclic) bond motifs is 12. The number of aliphatic imine (C=N–C) groups is 1. The molecule has 4 nitrogen and oxygen atoms in total. The van der Waals surface area contributed by atoms with Crippen molar-refractivity contribution in [2.75, 3.05) is 0 Å². The highest BCUT2D eigenvalue weighted by Gasteiger charge is 2.24. The van der Waals surface area contributed by atoms with E-state index in [1.165, 1.54) is 65.1 Å². The van der Waals surface area contributed by atoms with Crippen LogP contribution < -0.4 is 0 Å². The van der Waals surface area contributed by atoms with Gasteiger partial charge in [-0.05, 0) is 68.4 Å². The van der Waals surface area contributed by atoms with Crippen molar-refractivity contribution >= 4 is 76.2 Å². The van der Waals surface area contributed by atoms with E-state index in [1.54, 1.807) is 0 Å². The predicted octanol–water partition coefficient (Wildman–Crippen LogP) is 9.71. The third-order valence-corrected chi connectivity index (χ3v) is 9.28. The Morgan fingerprint density at radius 2 is 1.56 bits per heavy atom. The minimum atomic E-state index is 0.327. The van der Waals surface area contributed by atoms with Crippen LogP contribution in [0.25, 0.3) is 64.6 Å². The molecule has 0 amide bonds. The lowest BCUT2D eigenvalue weighted by atomic mass is 9.92. The Morgan fingerprint density at radius 1 is 0.769 bits per heavy atom. The fourth-order valence-electron chi connectivity index (χ4n) is 6.21. The summed E-state index contributed by atoms with van der Waals surface area (Å²) in [7, 11) is 0. The van der Waals surface area contributed by atoms with Crippen LogP contribution in [-0.2, 0) is 6.42 Å². The Kier molecular flexibility index (Phi) is 4.81. The van der Waals surface area contributed by atoms with E-state index in [0.717, 1.165) is 28.7 Å². The summed E-state index contributed by atoms with van der Waals surface area (Å²) in [5.74, 6) is 1.80. The number of H-pyrrole nitrogens is 1. The first kappa shape index (κ1) is 22.9. The molecule has 4 heterocycles. The average molecular weight is 525 g/mol. The van der Waals surface area contributed by atoms with Gasteiger partial charge in [-0.25, -0.2) is 4.98 Å². The van der Waals surface area contributed by atoms with Crippen LogP contribution in [0.1, 0.15) is 45.0 Å². The molecule has 0 radical (unpaired) electrons. The van der Waals surface area contributed by atoms with Gasteiger partial charge in [0.25, 0.3) is 0 Å². The predicted molar refractivity (Wildman–Crippen MR) is 167 cm³/mol. The van der Waals surface area contributed by atoms with Crippen LogP contribution in [0.4, 0.5) is 5.69 Å². The first-order valence-corrected chi connectivity index (χ1v) is 14.6. The number of benzene rings is 4. The van der Waals surface area contributed by atoms with E-state index in [1.807, 2.05) is 23.7 Å². The Hall–Kier alpha value is -4.09. The number of pyridine rings is 1. The normalized spacial score (nSPS) is 13.6. The molecule has 1 aliphatic rings. The van der Waals surface area contributed by atoms with Crippen molar-refractivity contribution in [3.05, 3.63) is 77.7 Å². The van der Waals surface area contributed by atoms with Gasteiger partial charge in [0, 0.05) is 56.7 Å². The van der Waals surface area contributed by atoms with Crippen molar-refractivity contribution in [3.63, 3.8) is 0 Å². The minimum absolute atomic E-state index is 0.327. The topological polar surface area (TPSA) is 53.9 Å². The van der Waals surface area contributed by atoms with Crippen molar-refractivity contribution in [1.29, 1.82) is 0 Å². The third kappa shape index (κ3) is 3.26. The number of nitrogens with one attached hydrogen (secondary N) is 1. The molecule has 0 saturated carbocycles. The molecule has 5 heteroatoms. The van der Waals surface area contributed by atoms with E-state index in [2.05, 4.69) is 91.6 Å². The van der Waals surface area contributed by atoms with Crippen molar-refractivity contribution in [1.82, 2.24) is 15.0 Å². The monoisotopic (exact) mass is 524 g/mol. The van der Waals surface area contributed by atoms with E-state index in [-0.39, 0.29) is 0 Å². The molecule has 0 atom stereocenters. The molecule has 1 aliphatic heterocycles. The second-order valence-electron chi connectivity index (χ2n) is 11.4. The van der Waals surface area contributed by atoms with Gasteiger partial charge < -0.3 is 4.98 Å². The quantitative estimate of drug-likeness (QED) is 0.234. The lowest BCUT2D eigenvalue weighted by Gasteiger charge is -2.12. The zero-order valence-electron chi connectivity index (χ0n) is 22.5. The molecular formula is C34H28N4S. The van der Waals surface area contributed by atoms with Crippen LogP contribution in [0.2, 0.25) is 0 Å². The van der Waals surface area contributed by atoms with Crippen LogP contribution >= 0.6 is 11.3 Å². The standard InChI is InChI=1S/C34H28N4S/c1-17(2)29-15-26-21-7-5-20(14-27(21)33-24(10-12-39-33)30(26)36-29)19-6-8-23-25(13-19)22-9-11-35-16-28(22)32-31(23)37-34(38-32)18(3)4/h5-14,16-18H,15H2,1-4H3,(H,37,38). The molecule has 0 spiro atoms. The van der Waals surface area contributed by atoms with Crippen molar-refractivity contribution in [2.24, 2.45) is 10.9 Å². The molecule has 0 saturated heterocycles. The van der Waals surface area contributed by atoms with Gasteiger partial charge >= 0.3 is 0 Å². The first-order valence-electron chi connectivity index (χ1n) is 13.7. The summed E-state index contributed by atoms with van der Waals surface area (Å²) < 4.78 is 1.33. The summed E-state index contributed by atoms with van der Waals surface area (Å²) in [4.78, 5) is 18.1. The second kappa shape index (κ2) is 8.20. The zero-order valence-corrected chi connectivity index (χ0v) is 23.3. The van der Waals surface area contributed by atoms with Crippen molar-refractivity contribution < 1.29 is 0 Å². The zero-order chi connectivity index (χ0) is 26.4. The van der Waals surface area contributed by atoms with E-state index < -0.39 is 0 Å². The molecule has 0 fully saturated rings. The van der Waals surface area contributed by atoms with Crippen LogP contribution in [-0.4, -0.2) is 20.7 Å². The summed E-state index contributed by atoms with van der Waals surface area (Å²) in [5.41, 5.74) is 8.40. The van der Waals surface area contributed by atoms with Crippen molar-refractivity contribution in [2.45, 2.75) is 40.0 Å². The summed E-state index contributed by atoms with van der Waals surface area (Å²) in [6.07, 6.45) is 4.78. The molecule has 0 aliphatic carbocycles. The maximum atomic E-state index is 5.09. The highest BCUT2D eigenvalue weighted by Crippen LogP contribution is 2.46. The number of aromatic nitrogens is 3. The lowest BCUT2D eigenvalue weighted by molar-refractivity contribution is 0.799. The lowest BCUT2D eigenvalue weighted by Crippen LogP contribution is -2.06. The van der Waals surface area contributed by atoms with Gasteiger partial charge in [0.1, 0.15) is 5.82 Å². The molecule has 0 bridgehead atoms. The Balaban J connectivity index is 1.36. The van der Waals surface area contributed by atoms with E-state index >= 15 is 0 Å². The molecule has 39 heavy (non-hydrogen) atoms. The number of thiophene rings is 1. The van der Waals surface area contributed by atoms with Gasteiger partial charge in [0.2, 0.25) is 0 Å². The van der Waals surface area contributed by atoms with Gasteiger partial charge in [-0.2, -0.15) is 0 Å². The van der Waals surface area contributed by atoms with Crippen LogP contribution in [0.3, 0.4) is 0 Å². The number of rotatable bonds is 3. The van der Waals surface area contributed by atoms with E-state index in [0.29, 0.717) is 11.8 Å². The number of imidazole rings is 1. The smallest absolute Gasteiger partial charge is 0.109 e. The van der Waals surface area contributed by atoms with E-state index in [9.17, 15) is 0 Å². The fourth-order valence-corrected chi connectivity index (χ4v) is 7.14. The van der Waals surface area contributed by atoms with Gasteiger partial charge in [-0.15, -0.1) is 11.3 Å². The van der Waals surface area contributed by atoms with Crippen LogP contribution in [0, 0.1) is 5.92 Å². The molecule has 1 N–H and O–H groups in total. The van der Waals surface area contributed by atoms with E-state index in [4.69, 9.17) is 9.98 Å². The molecule has 0 unspecified atom stereocenters. The highest BCUT2D eigenvalue weighted by molar-refractivity contribution is 7.18. The number of hydrogen-bond acceptors (Lipinski definition) is 4. The average Bonchev–Trinajstić information content (AvgIpc) is 3.71. The molecule has 190 valence electrons.